The van der Waals surface area contributed by atoms with Crippen LogP contribution < -0.4 is 10.6 Å². The fraction of sp³-hybridized carbons (Fsp3) is 0.636. The minimum Gasteiger partial charge on any atom is -0.381 e. The highest BCUT2D eigenvalue weighted by Crippen LogP contribution is 2.14. The molecule has 1 amide bonds. The molecule has 0 aliphatic carbocycles. The highest BCUT2D eigenvalue weighted by atomic mass is 16.5. The number of hydrogen-bond donors (Lipinski definition) is 2. The van der Waals surface area contributed by atoms with Crippen LogP contribution in [0.4, 0.5) is 5.69 Å². The molecule has 0 saturated carbocycles. The fourth-order valence-corrected chi connectivity index (χ4v) is 1.83. The van der Waals surface area contributed by atoms with Gasteiger partial charge in [-0.2, -0.15) is 5.10 Å². The number of carbonyl (C=O) groups excluding carboxylic acids is 1. The smallest absolute Gasteiger partial charge is 0.241 e. The second-order valence-corrected chi connectivity index (χ2v) is 4.13. The van der Waals surface area contributed by atoms with Crippen molar-refractivity contribution in [3.05, 3.63) is 12.4 Å². The molecular formula is C11H18N4O2. The number of hydrogen-bond acceptors (Lipinski definition) is 4. The van der Waals surface area contributed by atoms with Gasteiger partial charge in [-0.25, -0.2) is 0 Å². The lowest BCUT2D eigenvalue weighted by molar-refractivity contribution is -0.121. The van der Waals surface area contributed by atoms with Gasteiger partial charge >= 0.3 is 0 Å². The predicted molar refractivity (Wildman–Crippen MR) is 63.8 cm³/mol. The molecule has 0 atom stereocenters. The summed E-state index contributed by atoms with van der Waals surface area (Å²) in [6, 6.07) is 0.446. The normalized spacial score (nSPS) is 16.8. The molecule has 2 N–H and O–H groups in total. The highest BCUT2D eigenvalue weighted by molar-refractivity contribution is 5.75. The zero-order valence-electron chi connectivity index (χ0n) is 9.98. The van der Waals surface area contributed by atoms with Crippen LogP contribution in [0.5, 0.6) is 0 Å². The van der Waals surface area contributed by atoms with Crippen molar-refractivity contribution in [3.63, 3.8) is 0 Å². The zero-order valence-corrected chi connectivity index (χ0v) is 9.98. The van der Waals surface area contributed by atoms with E-state index in [1.807, 2.05) is 6.20 Å². The Labute approximate surface area is 100 Å². The molecule has 1 aromatic heterocycles. The first-order valence-corrected chi connectivity index (χ1v) is 5.85. The Hall–Kier alpha value is -1.56. The minimum atomic E-state index is -0.0503. The summed E-state index contributed by atoms with van der Waals surface area (Å²) in [6.07, 6.45) is 5.63. The van der Waals surface area contributed by atoms with Crippen molar-refractivity contribution in [2.75, 3.05) is 25.6 Å². The highest BCUT2D eigenvalue weighted by Gasteiger charge is 2.14. The molecule has 94 valence electrons. The molecular weight excluding hydrogens is 220 g/mol. The third-order valence-electron chi connectivity index (χ3n) is 2.81. The number of nitrogens with zero attached hydrogens (tertiary/aromatic N) is 2. The van der Waals surface area contributed by atoms with Crippen LogP contribution in [-0.2, 0) is 16.1 Å². The van der Waals surface area contributed by atoms with Crippen LogP contribution in [0.1, 0.15) is 12.8 Å². The molecule has 0 radical (unpaired) electrons. The summed E-state index contributed by atoms with van der Waals surface area (Å²) < 4.78 is 6.92. The summed E-state index contributed by atoms with van der Waals surface area (Å²) in [6.45, 7) is 1.88. The number of amides is 1. The van der Waals surface area contributed by atoms with Crippen molar-refractivity contribution < 1.29 is 9.53 Å². The van der Waals surface area contributed by atoms with Gasteiger partial charge in [-0.15, -0.1) is 0 Å². The molecule has 1 saturated heterocycles. The second-order valence-electron chi connectivity index (χ2n) is 4.13. The fourth-order valence-electron chi connectivity index (χ4n) is 1.83. The van der Waals surface area contributed by atoms with E-state index in [9.17, 15) is 4.79 Å². The van der Waals surface area contributed by atoms with Gasteiger partial charge in [-0.1, -0.05) is 0 Å². The summed E-state index contributed by atoms with van der Waals surface area (Å²) in [5.74, 6) is -0.0503. The van der Waals surface area contributed by atoms with Gasteiger partial charge in [-0.3, -0.25) is 9.48 Å². The lowest BCUT2D eigenvalue weighted by Gasteiger charge is -2.23. The molecule has 0 unspecified atom stereocenters. The van der Waals surface area contributed by atoms with Crippen LogP contribution >= 0.6 is 0 Å². The third kappa shape index (κ3) is 3.45. The number of nitrogens with one attached hydrogen (secondary N) is 2. The predicted octanol–water partition coefficient (Wildman–Crippen LogP) is 0.220. The maximum Gasteiger partial charge on any atom is 0.241 e. The van der Waals surface area contributed by atoms with E-state index in [1.54, 1.807) is 17.9 Å². The maximum absolute atomic E-state index is 11.2. The molecule has 1 aliphatic heterocycles. The Morgan fingerprint density at radius 1 is 1.59 bits per heavy atom. The Balaban J connectivity index is 1.86. The molecule has 1 aliphatic rings. The quantitative estimate of drug-likeness (QED) is 0.787. The van der Waals surface area contributed by atoms with Crippen molar-refractivity contribution in [1.29, 1.82) is 0 Å². The first-order chi connectivity index (χ1) is 8.28. The van der Waals surface area contributed by atoms with Crippen molar-refractivity contribution in [1.82, 2.24) is 15.1 Å². The van der Waals surface area contributed by atoms with Gasteiger partial charge in [-0.05, 0) is 12.8 Å². The third-order valence-corrected chi connectivity index (χ3v) is 2.81. The molecule has 0 bridgehead atoms. The number of aromatic nitrogens is 2. The average Bonchev–Trinajstić information content (AvgIpc) is 2.77. The summed E-state index contributed by atoms with van der Waals surface area (Å²) >= 11 is 0. The van der Waals surface area contributed by atoms with Crippen LogP contribution in [0.15, 0.2) is 12.4 Å². The molecule has 0 spiro atoms. The number of rotatable bonds is 4. The van der Waals surface area contributed by atoms with E-state index >= 15 is 0 Å². The molecule has 2 rings (SSSR count). The lowest BCUT2D eigenvalue weighted by atomic mass is 10.1. The molecule has 2 heterocycles. The van der Waals surface area contributed by atoms with E-state index in [1.165, 1.54) is 0 Å². The summed E-state index contributed by atoms with van der Waals surface area (Å²) in [5.41, 5.74) is 0.959. The summed E-state index contributed by atoms with van der Waals surface area (Å²) in [4.78, 5) is 11.2. The Kier molecular flexibility index (Phi) is 3.98. The first-order valence-electron chi connectivity index (χ1n) is 5.85. The second kappa shape index (κ2) is 5.67. The number of carbonyl (C=O) groups is 1. The minimum absolute atomic E-state index is 0.0503. The number of likely N-dealkylation sites (N-methyl/N-ethyl adjacent to an activating group) is 1. The molecule has 0 aromatic carbocycles. The Morgan fingerprint density at radius 2 is 2.35 bits per heavy atom. The van der Waals surface area contributed by atoms with Gasteiger partial charge in [0.25, 0.3) is 0 Å². The van der Waals surface area contributed by atoms with Gasteiger partial charge in [0.15, 0.2) is 0 Å². The van der Waals surface area contributed by atoms with Gasteiger partial charge in [0.05, 0.1) is 11.9 Å². The first kappa shape index (κ1) is 11.9. The average molecular weight is 238 g/mol. The number of ether oxygens (including phenoxy) is 1. The van der Waals surface area contributed by atoms with E-state index < -0.39 is 0 Å². The van der Waals surface area contributed by atoms with E-state index in [4.69, 9.17) is 4.74 Å². The van der Waals surface area contributed by atoms with E-state index in [2.05, 4.69) is 15.7 Å². The van der Waals surface area contributed by atoms with Crippen LogP contribution in [0.3, 0.4) is 0 Å². The maximum atomic E-state index is 11.2. The van der Waals surface area contributed by atoms with Gasteiger partial charge in [0.2, 0.25) is 5.91 Å². The van der Waals surface area contributed by atoms with Crippen LogP contribution in [0.25, 0.3) is 0 Å². The molecule has 1 aromatic rings. The molecule has 17 heavy (non-hydrogen) atoms. The van der Waals surface area contributed by atoms with Crippen molar-refractivity contribution >= 4 is 11.6 Å². The van der Waals surface area contributed by atoms with Gasteiger partial charge in [0, 0.05) is 32.5 Å². The Bertz CT molecular complexity index is 371. The standard InChI is InChI=1S/C11H18N4O2/c1-12-11(16)8-15-7-10(6-13-15)14-9-2-4-17-5-3-9/h6-7,9,14H,2-5,8H2,1H3,(H,12,16). The summed E-state index contributed by atoms with van der Waals surface area (Å²) in [5, 5.41) is 10.1. The van der Waals surface area contributed by atoms with Gasteiger partial charge in [0.1, 0.15) is 6.54 Å². The largest absolute Gasteiger partial charge is 0.381 e. The molecule has 6 nitrogen and oxygen atoms in total. The lowest BCUT2D eigenvalue weighted by Crippen LogP contribution is -2.27. The van der Waals surface area contributed by atoms with Crippen LogP contribution in [-0.4, -0.2) is 42.0 Å². The topological polar surface area (TPSA) is 68.2 Å². The van der Waals surface area contributed by atoms with E-state index in [0.29, 0.717) is 6.04 Å². The molecule has 6 heteroatoms. The van der Waals surface area contributed by atoms with Crippen molar-refractivity contribution in [3.8, 4) is 0 Å². The van der Waals surface area contributed by atoms with E-state index in [0.717, 1.165) is 31.7 Å². The van der Waals surface area contributed by atoms with Crippen LogP contribution in [0, 0.1) is 0 Å². The van der Waals surface area contributed by atoms with Gasteiger partial charge < -0.3 is 15.4 Å². The summed E-state index contributed by atoms with van der Waals surface area (Å²) in [7, 11) is 1.62. The molecule has 1 fully saturated rings. The van der Waals surface area contributed by atoms with E-state index in [-0.39, 0.29) is 12.5 Å². The Morgan fingerprint density at radius 3 is 3.06 bits per heavy atom. The zero-order chi connectivity index (χ0) is 12.1. The monoisotopic (exact) mass is 238 g/mol. The van der Waals surface area contributed by atoms with Crippen molar-refractivity contribution in [2.24, 2.45) is 0 Å². The number of anilines is 1. The SMILES string of the molecule is CNC(=O)Cn1cc(NC2CCOCC2)cn1. The van der Waals surface area contributed by atoms with Crippen molar-refractivity contribution in [2.45, 2.75) is 25.4 Å². The van der Waals surface area contributed by atoms with Crippen LogP contribution in [0.2, 0.25) is 0 Å².